The molecule has 1 rings (SSSR count). The molecule has 1 aromatic rings. The Morgan fingerprint density at radius 3 is 2.81 bits per heavy atom. The molecular weight excluding hydrogens is 272 g/mol. The van der Waals surface area contributed by atoms with Gasteiger partial charge in [0.2, 0.25) is 0 Å². The molecule has 0 saturated heterocycles. The second-order valence-corrected chi connectivity index (χ2v) is 4.24. The number of aryl methyl sites for hydroxylation is 1. The van der Waals surface area contributed by atoms with Crippen LogP contribution >= 0.6 is 15.9 Å². The average Bonchev–Trinajstić information content (AvgIpc) is 2.29. The highest BCUT2D eigenvalue weighted by atomic mass is 79.9. The van der Waals surface area contributed by atoms with Crippen molar-refractivity contribution in [3.8, 4) is 0 Å². The molecule has 16 heavy (non-hydrogen) atoms. The highest BCUT2D eigenvalue weighted by molar-refractivity contribution is 9.10. The van der Waals surface area contributed by atoms with Crippen LogP contribution in [0.4, 0.5) is 5.82 Å². The first-order chi connectivity index (χ1) is 7.58. The molecule has 0 aromatic carbocycles. The van der Waals surface area contributed by atoms with E-state index in [1.54, 1.807) is 6.20 Å². The number of hydrogen-bond donors (Lipinski definition) is 0. The standard InChI is InChI=1S/C11H15BrN2O2/c1-4-14(7-11(15)16-3)10-5-8(2)9(12)6-13-10/h5-6H,4,7H2,1-3H3. The van der Waals surface area contributed by atoms with E-state index in [2.05, 4.69) is 25.7 Å². The minimum Gasteiger partial charge on any atom is -0.468 e. The van der Waals surface area contributed by atoms with Crippen molar-refractivity contribution in [2.75, 3.05) is 25.1 Å². The Bertz CT molecular complexity index is 382. The molecule has 0 bridgehead atoms. The number of ether oxygens (including phenoxy) is 1. The van der Waals surface area contributed by atoms with Crippen molar-refractivity contribution in [2.24, 2.45) is 0 Å². The summed E-state index contributed by atoms with van der Waals surface area (Å²) < 4.78 is 5.60. The average molecular weight is 287 g/mol. The van der Waals surface area contributed by atoms with Gasteiger partial charge in [0.05, 0.1) is 7.11 Å². The molecule has 0 spiro atoms. The maximum Gasteiger partial charge on any atom is 0.325 e. The lowest BCUT2D eigenvalue weighted by atomic mass is 10.3. The number of nitrogens with zero attached hydrogens (tertiary/aromatic N) is 2. The van der Waals surface area contributed by atoms with Crippen LogP contribution in [0.1, 0.15) is 12.5 Å². The van der Waals surface area contributed by atoms with Crippen LogP contribution in [0, 0.1) is 6.92 Å². The predicted molar refractivity (Wildman–Crippen MR) is 66.6 cm³/mol. The molecule has 4 nitrogen and oxygen atoms in total. The molecule has 5 heteroatoms. The first kappa shape index (κ1) is 13.0. The second-order valence-electron chi connectivity index (χ2n) is 3.38. The minimum atomic E-state index is -0.260. The fraction of sp³-hybridized carbons (Fsp3) is 0.455. The van der Waals surface area contributed by atoms with Crippen molar-refractivity contribution in [3.05, 3.63) is 22.3 Å². The Morgan fingerprint density at radius 1 is 1.62 bits per heavy atom. The van der Waals surface area contributed by atoms with Gasteiger partial charge >= 0.3 is 5.97 Å². The maximum absolute atomic E-state index is 11.2. The van der Waals surface area contributed by atoms with Gasteiger partial charge in [-0.05, 0) is 41.4 Å². The summed E-state index contributed by atoms with van der Waals surface area (Å²) in [5.41, 5.74) is 1.09. The molecule has 1 aromatic heterocycles. The summed E-state index contributed by atoms with van der Waals surface area (Å²) in [6, 6.07) is 1.94. The first-order valence-corrected chi connectivity index (χ1v) is 5.81. The molecule has 0 aliphatic carbocycles. The third kappa shape index (κ3) is 3.20. The zero-order chi connectivity index (χ0) is 12.1. The minimum absolute atomic E-state index is 0.223. The Kier molecular flexibility index (Phi) is 4.73. The summed E-state index contributed by atoms with van der Waals surface area (Å²) >= 11 is 3.39. The predicted octanol–water partition coefficient (Wildman–Crippen LogP) is 2.15. The van der Waals surface area contributed by atoms with E-state index in [1.165, 1.54) is 7.11 Å². The number of likely N-dealkylation sites (N-methyl/N-ethyl adjacent to an activating group) is 1. The van der Waals surface area contributed by atoms with Crippen molar-refractivity contribution >= 4 is 27.7 Å². The van der Waals surface area contributed by atoms with E-state index >= 15 is 0 Å². The normalized spacial score (nSPS) is 10.0. The van der Waals surface area contributed by atoms with Crippen LogP contribution in [-0.4, -0.2) is 31.2 Å². The van der Waals surface area contributed by atoms with Crippen molar-refractivity contribution < 1.29 is 9.53 Å². The van der Waals surface area contributed by atoms with Crippen LogP contribution in [0.15, 0.2) is 16.7 Å². The Labute approximate surface area is 104 Å². The fourth-order valence-electron chi connectivity index (χ4n) is 1.27. The van der Waals surface area contributed by atoms with Crippen LogP contribution in [-0.2, 0) is 9.53 Å². The van der Waals surface area contributed by atoms with Crippen molar-refractivity contribution in [1.82, 2.24) is 4.98 Å². The summed E-state index contributed by atoms with van der Waals surface area (Å²) in [6.07, 6.45) is 1.74. The van der Waals surface area contributed by atoms with E-state index in [4.69, 9.17) is 0 Å². The smallest absolute Gasteiger partial charge is 0.325 e. The van der Waals surface area contributed by atoms with Gasteiger partial charge < -0.3 is 9.64 Å². The van der Waals surface area contributed by atoms with E-state index < -0.39 is 0 Å². The topological polar surface area (TPSA) is 42.4 Å². The SMILES string of the molecule is CCN(CC(=O)OC)c1cc(C)c(Br)cn1. The number of hydrogen-bond acceptors (Lipinski definition) is 4. The van der Waals surface area contributed by atoms with Crippen molar-refractivity contribution in [3.63, 3.8) is 0 Å². The van der Waals surface area contributed by atoms with Gasteiger partial charge in [0, 0.05) is 17.2 Å². The lowest BCUT2D eigenvalue weighted by molar-refractivity contribution is -0.138. The highest BCUT2D eigenvalue weighted by Gasteiger charge is 2.11. The lowest BCUT2D eigenvalue weighted by Crippen LogP contribution is -2.31. The molecule has 88 valence electrons. The molecular formula is C11H15BrN2O2. The molecule has 0 amide bonds. The van der Waals surface area contributed by atoms with Gasteiger partial charge in [0.25, 0.3) is 0 Å². The van der Waals surface area contributed by atoms with Gasteiger partial charge in [0.1, 0.15) is 12.4 Å². The van der Waals surface area contributed by atoms with Gasteiger partial charge in [-0.15, -0.1) is 0 Å². The Balaban J connectivity index is 2.86. The maximum atomic E-state index is 11.2. The molecule has 0 N–H and O–H groups in total. The highest BCUT2D eigenvalue weighted by Crippen LogP contribution is 2.19. The van der Waals surface area contributed by atoms with Crippen molar-refractivity contribution in [1.29, 1.82) is 0 Å². The van der Waals surface area contributed by atoms with Crippen LogP contribution in [0.25, 0.3) is 0 Å². The van der Waals surface area contributed by atoms with Crippen molar-refractivity contribution in [2.45, 2.75) is 13.8 Å². The molecule has 0 aliphatic heterocycles. The largest absolute Gasteiger partial charge is 0.468 e. The van der Waals surface area contributed by atoms with E-state index in [9.17, 15) is 4.79 Å². The number of carbonyl (C=O) groups excluding carboxylic acids is 1. The fourth-order valence-corrected chi connectivity index (χ4v) is 1.49. The third-order valence-electron chi connectivity index (χ3n) is 2.29. The molecule has 0 fully saturated rings. The number of carbonyl (C=O) groups is 1. The molecule has 0 saturated carbocycles. The summed E-state index contributed by atoms with van der Waals surface area (Å²) in [7, 11) is 1.39. The molecule has 0 unspecified atom stereocenters. The first-order valence-electron chi connectivity index (χ1n) is 5.02. The quantitative estimate of drug-likeness (QED) is 0.796. The monoisotopic (exact) mass is 286 g/mol. The number of pyridine rings is 1. The number of aromatic nitrogens is 1. The van der Waals surface area contributed by atoms with Gasteiger partial charge in [0.15, 0.2) is 0 Å². The second kappa shape index (κ2) is 5.84. The summed E-state index contributed by atoms with van der Waals surface area (Å²) in [4.78, 5) is 17.3. The van der Waals surface area contributed by atoms with Crippen LogP contribution < -0.4 is 4.90 Å². The van der Waals surface area contributed by atoms with E-state index in [-0.39, 0.29) is 12.5 Å². The van der Waals surface area contributed by atoms with E-state index in [0.717, 1.165) is 15.9 Å². The summed E-state index contributed by atoms with van der Waals surface area (Å²) in [5.74, 6) is 0.526. The lowest BCUT2D eigenvalue weighted by Gasteiger charge is -2.20. The van der Waals surface area contributed by atoms with Gasteiger partial charge in [-0.1, -0.05) is 0 Å². The summed E-state index contributed by atoms with van der Waals surface area (Å²) in [6.45, 7) is 4.90. The van der Waals surface area contributed by atoms with Gasteiger partial charge in [-0.3, -0.25) is 4.79 Å². The zero-order valence-electron chi connectivity index (χ0n) is 9.66. The Morgan fingerprint density at radius 2 is 2.31 bits per heavy atom. The third-order valence-corrected chi connectivity index (χ3v) is 3.12. The number of esters is 1. The zero-order valence-corrected chi connectivity index (χ0v) is 11.2. The number of halogens is 1. The number of methoxy groups -OCH3 is 1. The number of anilines is 1. The van der Waals surface area contributed by atoms with Gasteiger partial charge in [-0.25, -0.2) is 4.98 Å². The molecule has 0 atom stereocenters. The number of rotatable bonds is 4. The molecule has 0 aliphatic rings. The van der Waals surface area contributed by atoms with E-state index in [0.29, 0.717) is 6.54 Å². The van der Waals surface area contributed by atoms with Crippen LogP contribution in [0.3, 0.4) is 0 Å². The summed E-state index contributed by atoms with van der Waals surface area (Å²) in [5, 5.41) is 0. The molecule has 1 heterocycles. The van der Waals surface area contributed by atoms with Gasteiger partial charge in [-0.2, -0.15) is 0 Å². The Hall–Kier alpha value is -1.10. The molecule has 0 radical (unpaired) electrons. The van der Waals surface area contributed by atoms with Crippen LogP contribution in [0.2, 0.25) is 0 Å². The van der Waals surface area contributed by atoms with Crippen LogP contribution in [0.5, 0.6) is 0 Å². The van der Waals surface area contributed by atoms with E-state index in [1.807, 2.05) is 24.8 Å².